The lowest BCUT2D eigenvalue weighted by atomic mass is 10.1. The first kappa shape index (κ1) is 15.4. The molecule has 0 aromatic heterocycles. The molecule has 2 N–H and O–H groups in total. The van der Waals surface area contributed by atoms with Gasteiger partial charge in [-0.15, -0.1) is 0 Å². The van der Waals surface area contributed by atoms with E-state index in [0.29, 0.717) is 19.0 Å². The SMILES string of the molecule is CCNC(=NCc1ccccc1CC)NCC(F)F. The van der Waals surface area contributed by atoms with E-state index in [-0.39, 0.29) is 6.54 Å². The van der Waals surface area contributed by atoms with Crippen molar-refractivity contribution in [3.8, 4) is 0 Å². The third kappa shape index (κ3) is 5.68. The molecule has 5 heteroatoms. The van der Waals surface area contributed by atoms with Gasteiger partial charge in [-0.05, 0) is 24.5 Å². The predicted molar refractivity (Wildman–Crippen MR) is 74.6 cm³/mol. The fraction of sp³-hybridized carbons (Fsp3) is 0.500. The summed E-state index contributed by atoms with van der Waals surface area (Å²) in [6.07, 6.45) is -1.45. The summed E-state index contributed by atoms with van der Waals surface area (Å²) in [6, 6.07) is 8.03. The molecule has 1 rings (SSSR count). The first-order valence-electron chi connectivity index (χ1n) is 6.54. The highest BCUT2D eigenvalue weighted by Crippen LogP contribution is 2.10. The average Bonchev–Trinajstić information content (AvgIpc) is 2.42. The van der Waals surface area contributed by atoms with Crippen molar-refractivity contribution in [2.45, 2.75) is 33.2 Å². The van der Waals surface area contributed by atoms with Crippen LogP contribution in [0.1, 0.15) is 25.0 Å². The summed E-state index contributed by atoms with van der Waals surface area (Å²) < 4.78 is 24.3. The summed E-state index contributed by atoms with van der Waals surface area (Å²) in [5, 5.41) is 5.57. The van der Waals surface area contributed by atoms with E-state index in [1.54, 1.807) is 0 Å². The molecule has 19 heavy (non-hydrogen) atoms. The smallest absolute Gasteiger partial charge is 0.255 e. The zero-order valence-electron chi connectivity index (χ0n) is 11.4. The monoisotopic (exact) mass is 269 g/mol. The summed E-state index contributed by atoms with van der Waals surface area (Å²) in [4.78, 5) is 4.33. The Labute approximate surface area is 113 Å². The molecule has 0 aliphatic carbocycles. The van der Waals surface area contributed by atoms with Crippen molar-refractivity contribution in [3.63, 3.8) is 0 Å². The fourth-order valence-corrected chi connectivity index (χ4v) is 1.74. The van der Waals surface area contributed by atoms with Crippen molar-refractivity contribution < 1.29 is 8.78 Å². The molecule has 0 atom stereocenters. The van der Waals surface area contributed by atoms with Crippen molar-refractivity contribution in [3.05, 3.63) is 35.4 Å². The Bertz CT molecular complexity index is 405. The van der Waals surface area contributed by atoms with E-state index in [4.69, 9.17) is 0 Å². The number of alkyl halides is 2. The lowest BCUT2D eigenvalue weighted by Crippen LogP contribution is -2.39. The van der Waals surface area contributed by atoms with Gasteiger partial charge in [0.2, 0.25) is 0 Å². The van der Waals surface area contributed by atoms with Crippen LogP contribution in [0.4, 0.5) is 8.78 Å². The number of rotatable bonds is 6. The zero-order chi connectivity index (χ0) is 14.1. The van der Waals surface area contributed by atoms with Gasteiger partial charge in [0.15, 0.2) is 5.96 Å². The van der Waals surface area contributed by atoms with Crippen LogP contribution in [0.3, 0.4) is 0 Å². The average molecular weight is 269 g/mol. The number of halogens is 2. The van der Waals surface area contributed by atoms with Crippen LogP contribution >= 0.6 is 0 Å². The first-order valence-corrected chi connectivity index (χ1v) is 6.54. The van der Waals surface area contributed by atoms with Crippen molar-refractivity contribution in [1.82, 2.24) is 10.6 Å². The van der Waals surface area contributed by atoms with Crippen LogP contribution in [-0.4, -0.2) is 25.5 Å². The molecule has 0 radical (unpaired) electrons. The maximum atomic E-state index is 12.2. The second-order valence-electron chi connectivity index (χ2n) is 4.09. The zero-order valence-corrected chi connectivity index (χ0v) is 11.4. The highest BCUT2D eigenvalue weighted by atomic mass is 19.3. The van der Waals surface area contributed by atoms with Crippen LogP contribution in [0.15, 0.2) is 29.3 Å². The normalized spacial score (nSPS) is 11.7. The summed E-state index contributed by atoms with van der Waals surface area (Å²) in [5.74, 6) is 0.425. The molecule has 1 aromatic rings. The number of benzene rings is 1. The molecule has 0 fully saturated rings. The molecule has 0 aliphatic rings. The maximum absolute atomic E-state index is 12.2. The number of aryl methyl sites for hydroxylation is 1. The van der Waals surface area contributed by atoms with Gasteiger partial charge in [0.05, 0.1) is 13.1 Å². The van der Waals surface area contributed by atoms with Gasteiger partial charge in [-0.25, -0.2) is 13.8 Å². The lowest BCUT2D eigenvalue weighted by Gasteiger charge is -2.11. The summed E-state index contributed by atoms with van der Waals surface area (Å²) in [6.45, 7) is 4.73. The predicted octanol–water partition coefficient (Wildman–Crippen LogP) is 2.57. The molecule has 3 nitrogen and oxygen atoms in total. The molecule has 0 spiro atoms. The molecule has 1 aromatic carbocycles. The van der Waals surface area contributed by atoms with Crippen molar-refractivity contribution in [2.24, 2.45) is 4.99 Å². The quantitative estimate of drug-likeness (QED) is 0.615. The highest BCUT2D eigenvalue weighted by molar-refractivity contribution is 5.79. The molecule has 0 heterocycles. The van der Waals surface area contributed by atoms with Gasteiger partial charge in [0, 0.05) is 6.54 Å². The van der Waals surface area contributed by atoms with E-state index in [0.717, 1.165) is 12.0 Å². The Morgan fingerprint density at radius 2 is 1.84 bits per heavy atom. The molecule has 0 bridgehead atoms. The first-order chi connectivity index (χ1) is 9.17. The third-order valence-electron chi connectivity index (χ3n) is 2.67. The Kier molecular flexibility index (Phi) is 6.85. The van der Waals surface area contributed by atoms with Crippen LogP contribution in [0, 0.1) is 0 Å². The molecule has 0 aliphatic heterocycles. The van der Waals surface area contributed by atoms with Crippen molar-refractivity contribution >= 4 is 5.96 Å². The van der Waals surface area contributed by atoms with Gasteiger partial charge >= 0.3 is 0 Å². The molecule has 0 unspecified atom stereocenters. The standard InChI is InChI=1S/C14H21F2N3/c1-3-11-7-5-6-8-12(11)9-18-14(17-4-2)19-10-13(15)16/h5-8,13H,3-4,9-10H2,1-2H3,(H2,17,18,19). The summed E-state index contributed by atoms with van der Waals surface area (Å²) in [7, 11) is 0. The van der Waals surface area contributed by atoms with E-state index in [9.17, 15) is 8.78 Å². The molecule has 0 amide bonds. The van der Waals surface area contributed by atoms with Gasteiger partial charge in [-0.2, -0.15) is 0 Å². The summed E-state index contributed by atoms with van der Waals surface area (Å²) in [5.41, 5.74) is 2.36. The Hall–Kier alpha value is -1.65. The maximum Gasteiger partial charge on any atom is 0.255 e. The van der Waals surface area contributed by atoms with Gasteiger partial charge < -0.3 is 10.6 Å². The van der Waals surface area contributed by atoms with Crippen LogP contribution in [0.2, 0.25) is 0 Å². The third-order valence-corrected chi connectivity index (χ3v) is 2.67. The lowest BCUT2D eigenvalue weighted by molar-refractivity contribution is 0.152. The van der Waals surface area contributed by atoms with E-state index in [1.807, 2.05) is 25.1 Å². The number of hydrogen-bond donors (Lipinski definition) is 2. The van der Waals surface area contributed by atoms with Crippen LogP contribution in [0.5, 0.6) is 0 Å². The second kappa shape index (κ2) is 8.45. The second-order valence-corrected chi connectivity index (χ2v) is 4.09. The number of aliphatic imine (C=N–C) groups is 1. The van der Waals surface area contributed by atoms with Crippen LogP contribution < -0.4 is 10.6 Å². The minimum Gasteiger partial charge on any atom is -0.357 e. The van der Waals surface area contributed by atoms with E-state index < -0.39 is 6.43 Å². The van der Waals surface area contributed by atoms with E-state index >= 15 is 0 Å². The van der Waals surface area contributed by atoms with Gasteiger partial charge in [0.25, 0.3) is 6.43 Å². The van der Waals surface area contributed by atoms with Crippen LogP contribution in [-0.2, 0) is 13.0 Å². The van der Waals surface area contributed by atoms with E-state index in [2.05, 4.69) is 28.6 Å². The molecule has 106 valence electrons. The molecular formula is C14H21F2N3. The highest BCUT2D eigenvalue weighted by Gasteiger charge is 2.04. The number of guanidine groups is 1. The topological polar surface area (TPSA) is 36.4 Å². The molecular weight excluding hydrogens is 248 g/mol. The Morgan fingerprint density at radius 1 is 1.16 bits per heavy atom. The summed E-state index contributed by atoms with van der Waals surface area (Å²) >= 11 is 0. The van der Waals surface area contributed by atoms with Crippen molar-refractivity contribution in [2.75, 3.05) is 13.1 Å². The largest absolute Gasteiger partial charge is 0.357 e. The van der Waals surface area contributed by atoms with Gasteiger partial charge in [-0.3, -0.25) is 0 Å². The number of nitrogens with zero attached hydrogens (tertiary/aromatic N) is 1. The fourth-order valence-electron chi connectivity index (χ4n) is 1.74. The minimum absolute atomic E-state index is 0.388. The Morgan fingerprint density at radius 3 is 2.42 bits per heavy atom. The van der Waals surface area contributed by atoms with Crippen molar-refractivity contribution in [1.29, 1.82) is 0 Å². The van der Waals surface area contributed by atoms with Gasteiger partial charge in [0.1, 0.15) is 0 Å². The number of nitrogens with one attached hydrogen (secondary N) is 2. The van der Waals surface area contributed by atoms with Crippen LogP contribution in [0.25, 0.3) is 0 Å². The molecule has 0 saturated carbocycles. The minimum atomic E-state index is -2.38. The Balaban J connectivity index is 2.68. The van der Waals surface area contributed by atoms with E-state index in [1.165, 1.54) is 5.56 Å². The van der Waals surface area contributed by atoms with Gasteiger partial charge in [-0.1, -0.05) is 31.2 Å². The number of hydrogen-bond acceptors (Lipinski definition) is 1. The molecule has 0 saturated heterocycles.